The minimum atomic E-state index is -1.43. The Kier molecular flexibility index (Phi) is 3.56. The number of benzene rings is 3. The molecule has 0 saturated heterocycles. The van der Waals surface area contributed by atoms with Gasteiger partial charge in [-0.05, 0) is 41.8 Å². The minimum absolute atomic E-state index is 0.111. The summed E-state index contributed by atoms with van der Waals surface area (Å²) in [5.74, 6) is 1.10. The molecule has 0 spiro atoms. The average Bonchev–Trinajstić information content (AvgIpc) is 3.34. The summed E-state index contributed by atoms with van der Waals surface area (Å²) in [5, 5.41) is 11.4. The normalized spacial score (nSPS) is 22.1. The van der Waals surface area contributed by atoms with Crippen molar-refractivity contribution in [3.8, 4) is 17.4 Å². The van der Waals surface area contributed by atoms with Gasteiger partial charge in [-0.15, -0.1) is 0 Å². The number of thioether (sulfide) groups is 1. The van der Waals surface area contributed by atoms with Crippen LogP contribution in [0.25, 0.3) is 10.9 Å². The summed E-state index contributed by atoms with van der Waals surface area (Å²) in [7, 11) is 0. The maximum atomic E-state index is 10.1. The third kappa shape index (κ3) is 2.94. The third-order valence-corrected chi connectivity index (χ3v) is 6.53. The van der Waals surface area contributed by atoms with Crippen LogP contribution in [0.2, 0.25) is 0 Å². The van der Waals surface area contributed by atoms with Crippen LogP contribution in [0.15, 0.2) is 83.9 Å². The quantitative estimate of drug-likeness (QED) is 0.456. The number of phenols is 1. The molecule has 0 radical (unpaired) electrons. The molecule has 4 aromatic rings. The Morgan fingerprint density at radius 2 is 1.90 bits per heavy atom. The van der Waals surface area contributed by atoms with Crippen LogP contribution >= 0.6 is 11.8 Å². The van der Waals surface area contributed by atoms with Crippen molar-refractivity contribution in [2.75, 3.05) is 0 Å². The second-order valence-electron chi connectivity index (χ2n) is 7.28. The number of pyridine rings is 1. The van der Waals surface area contributed by atoms with Gasteiger partial charge in [-0.3, -0.25) is 4.99 Å². The summed E-state index contributed by atoms with van der Waals surface area (Å²) in [6, 6.07) is 24.0. The van der Waals surface area contributed by atoms with E-state index < -0.39 is 6.37 Å². The number of hydrogen-bond acceptors (Lipinski definition) is 5. The van der Waals surface area contributed by atoms with E-state index >= 15 is 0 Å². The summed E-state index contributed by atoms with van der Waals surface area (Å²) in [5.41, 5.74) is 3.09. The summed E-state index contributed by atoms with van der Waals surface area (Å²) in [4.78, 5) is 9.32. The zero-order chi connectivity index (χ0) is 21.9. The Balaban J connectivity index is 1.31. The highest BCUT2D eigenvalue weighted by Gasteiger charge is 2.38. The predicted molar refractivity (Wildman–Crippen MR) is 121 cm³/mol. The first-order valence-corrected chi connectivity index (χ1v) is 10.6. The van der Waals surface area contributed by atoms with Gasteiger partial charge in [0, 0.05) is 25.0 Å². The average molecular weight is 413 g/mol. The van der Waals surface area contributed by atoms with Crippen LogP contribution in [-0.2, 0) is 6.37 Å². The minimum Gasteiger partial charge on any atom is -0.506 e. The Bertz CT molecular complexity index is 1410. The lowest BCUT2D eigenvalue weighted by atomic mass is 10.1. The molecular formula is C25H18N2O2S. The molecule has 1 N–H and O–H groups in total. The molecular weight excluding hydrogens is 392 g/mol. The molecule has 1 aromatic heterocycles. The molecule has 0 unspecified atom stereocenters. The molecule has 1 aliphatic heterocycles. The number of ether oxygens (including phenoxy) is 1. The summed E-state index contributed by atoms with van der Waals surface area (Å²) >= 11 is 1.49. The highest BCUT2D eigenvalue weighted by Crippen LogP contribution is 2.47. The Morgan fingerprint density at radius 3 is 2.87 bits per heavy atom. The highest BCUT2D eigenvalue weighted by molar-refractivity contribution is 8.15. The van der Waals surface area contributed by atoms with Gasteiger partial charge in [-0.2, -0.15) is 0 Å². The van der Waals surface area contributed by atoms with E-state index in [2.05, 4.69) is 4.98 Å². The molecule has 2 atom stereocenters. The zero-order valence-corrected chi connectivity index (χ0v) is 16.6. The van der Waals surface area contributed by atoms with Gasteiger partial charge in [-0.1, -0.05) is 60.3 Å². The lowest BCUT2D eigenvalue weighted by molar-refractivity contribution is 0.460. The molecule has 146 valence electrons. The Morgan fingerprint density at radius 1 is 1.00 bits per heavy atom. The summed E-state index contributed by atoms with van der Waals surface area (Å²) in [6.07, 6.45) is -1.43. The molecule has 30 heavy (non-hydrogen) atoms. The second kappa shape index (κ2) is 6.89. The van der Waals surface area contributed by atoms with Gasteiger partial charge in [0.15, 0.2) is 0 Å². The molecule has 3 aromatic carbocycles. The van der Waals surface area contributed by atoms with Gasteiger partial charge in [0.05, 0.1) is 11.1 Å². The van der Waals surface area contributed by atoms with Crippen LogP contribution in [0.5, 0.6) is 17.4 Å². The number of aliphatic imine (C=N–C) groups is 1. The van der Waals surface area contributed by atoms with E-state index in [0.717, 1.165) is 27.1 Å². The van der Waals surface area contributed by atoms with Crippen LogP contribution in [0.3, 0.4) is 0 Å². The van der Waals surface area contributed by atoms with Gasteiger partial charge in [0.25, 0.3) is 0 Å². The van der Waals surface area contributed by atoms with Gasteiger partial charge >= 0.3 is 0 Å². The summed E-state index contributed by atoms with van der Waals surface area (Å²) < 4.78 is 23.3. The smallest absolute Gasteiger partial charge is 0.219 e. The van der Waals surface area contributed by atoms with E-state index in [0.29, 0.717) is 17.1 Å². The first-order chi connectivity index (χ1) is 15.5. The maximum absolute atomic E-state index is 10.1. The zero-order valence-electron chi connectivity index (χ0n) is 17.8. The first kappa shape index (κ1) is 15.5. The van der Waals surface area contributed by atoms with E-state index in [1.165, 1.54) is 11.8 Å². The topological polar surface area (TPSA) is 54.7 Å². The predicted octanol–water partition coefficient (Wildman–Crippen LogP) is 5.89. The fraction of sp³-hybridized carbons (Fsp3) is 0.120. The van der Waals surface area contributed by atoms with Gasteiger partial charge in [-0.25, -0.2) is 4.98 Å². The maximum Gasteiger partial charge on any atom is 0.219 e. The van der Waals surface area contributed by atoms with Crippen molar-refractivity contribution in [2.24, 2.45) is 4.99 Å². The summed E-state index contributed by atoms with van der Waals surface area (Å²) in [6.45, 7) is 0. The number of hydrogen-bond donors (Lipinski definition) is 1. The van der Waals surface area contributed by atoms with Crippen LogP contribution in [0.1, 0.15) is 25.5 Å². The van der Waals surface area contributed by atoms with Crippen molar-refractivity contribution >= 4 is 27.7 Å². The fourth-order valence-corrected chi connectivity index (χ4v) is 5.12. The van der Waals surface area contributed by atoms with E-state index in [9.17, 15) is 5.11 Å². The number of para-hydroxylation sites is 1. The van der Waals surface area contributed by atoms with Crippen LogP contribution in [0.4, 0.5) is 0 Å². The molecule has 0 fully saturated rings. The number of aromatic hydroxyl groups is 1. The van der Waals surface area contributed by atoms with Crippen LogP contribution in [-0.4, -0.2) is 20.4 Å². The van der Waals surface area contributed by atoms with Crippen molar-refractivity contribution in [1.29, 1.82) is 0 Å². The molecule has 0 amide bonds. The molecule has 5 heteroatoms. The van der Waals surface area contributed by atoms with E-state index in [-0.39, 0.29) is 17.0 Å². The third-order valence-electron chi connectivity index (χ3n) is 5.34. The van der Waals surface area contributed by atoms with Gasteiger partial charge in [0.1, 0.15) is 17.0 Å². The molecule has 2 heterocycles. The van der Waals surface area contributed by atoms with Crippen LogP contribution in [0, 0.1) is 0 Å². The van der Waals surface area contributed by atoms with E-state index in [1.54, 1.807) is 18.2 Å². The van der Waals surface area contributed by atoms with Crippen molar-refractivity contribution in [3.05, 3.63) is 95.6 Å². The number of aromatic nitrogens is 1. The lowest BCUT2D eigenvalue weighted by Gasteiger charge is -2.09. The number of rotatable bonds is 3. The number of fused-ring (bicyclic) bond motifs is 4. The lowest BCUT2D eigenvalue weighted by Crippen LogP contribution is -2.02. The van der Waals surface area contributed by atoms with Gasteiger partial charge < -0.3 is 9.84 Å². The van der Waals surface area contributed by atoms with Crippen molar-refractivity contribution in [2.45, 2.75) is 17.7 Å². The standard InChI is InChI=1S/C25H18N2O2S/c28-20-10-4-6-15-11-12-22(26-23(15)20)29-18-8-3-7-17(13-18)25-27-24-19-9-2-1-5-16(19)14-21(24)30-25/h1-13,21,24,28H,14H2/t21-,24-/m0/s1/i14D2. The molecule has 1 aliphatic carbocycles. The molecule has 0 bridgehead atoms. The molecule has 0 saturated carbocycles. The first-order valence-electron chi connectivity index (χ1n) is 10.7. The van der Waals surface area contributed by atoms with Crippen molar-refractivity contribution in [1.82, 2.24) is 4.98 Å². The molecule has 6 rings (SSSR count). The largest absolute Gasteiger partial charge is 0.506 e. The number of nitrogens with zero attached hydrogens (tertiary/aromatic N) is 2. The van der Waals surface area contributed by atoms with E-state index in [1.807, 2.05) is 60.7 Å². The van der Waals surface area contributed by atoms with Gasteiger partial charge in [0.2, 0.25) is 5.88 Å². The number of phenolic OH excluding ortho intramolecular Hbond substituents is 1. The Hall–Kier alpha value is -3.31. The van der Waals surface area contributed by atoms with Crippen molar-refractivity contribution < 1.29 is 12.6 Å². The monoisotopic (exact) mass is 412 g/mol. The van der Waals surface area contributed by atoms with Crippen LogP contribution < -0.4 is 4.74 Å². The van der Waals surface area contributed by atoms with E-state index in [4.69, 9.17) is 12.5 Å². The van der Waals surface area contributed by atoms with Crippen molar-refractivity contribution in [3.63, 3.8) is 0 Å². The fourth-order valence-electron chi connectivity index (χ4n) is 3.92. The Labute approximate surface area is 181 Å². The second-order valence-corrected chi connectivity index (χ2v) is 8.41. The molecule has 2 aliphatic rings. The SMILES string of the molecule is [2H]C1([2H])c2ccccc2[C@@H]2N=C(c3cccc(Oc4ccc5cccc(O)c5n4)c3)S[C@H]21. The molecule has 4 nitrogen and oxygen atoms in total. The highest BCUT2D eigenvalue weighted by atomic mass is 32.2.